The summed E-state index contributed by atoms with van der Waals surface area (Å²) >= 11 is 0. The van der Waals surface area contributed by atoms with Gasteiger partial charge >= 0.3 is 0 Å². The highest BCUT2D eigenvalue weighted by atomic mass is 16.5. The molecular formula is C20H25N5O2. The lowest BCUT2D eigenvalue weighted by Gasteiger charge is -2.23. The molecule has 2 atom stereocenters. The van der Waals surface area contributed by atoms with Gasteiger partial charge in [0.25, 0.3) is 0 Å². The van der Waals surface area contributed by atoms with Crippen molar-refractivity contribution in [1.82, 2.24) is 25.1 Å². The summed E-state index contributed by atoms with van der Waals surface area (Å²) in [6.07, 6.45) is 6.72. The maximum Gasteiger partial charge on any atom is 0.223 e. The number of rotatable bonds is 6. The van der Waals surface area contributed by atoms with Crippen LogP contribution in [0.25, 0.3) is 22.2 Å². The molecule has 0 radical (unpaired) electrons. The van der Waals surface area contributed by atoms with E-state index in [4.69, 9.17) is 14.5 Å². The average Bonchev–Trinajstić information content (AvgIpc) is 3.22. The lowest BCUT2D eigenvalue weighted by atomic mass is 10.1. The molecule has 7 heteroatoms. The number of fused-ring (bicyclic) bond motifs is 1. The van der Waals surface area contributed by atoms with E-state index in [-0.39, 0.29) is 6.10 Å². The van der Waals surface area contributed by atoms with Crippen molar-refractivity contribution < 1.29 is 9.47 Å². The van der Waals surface area contributed by atoms with Crippen molar-refractivity contribution in [3.05, 3.63) is 36.8 Å². The Morgan fingerprint density at radius 2 is 2.37 bits per heavy atom. The predicted octanol–water partition coefficient (Wildman–Crippen LogP) is 2.83. The summed E-state index contributed by atoms with van der Waals surface area (Å²) in [4.78, 5) is 9.25. The van der Waals surface area contributed by atoms with Gasteiger partial charge in [0.15, 0.2) is 0 Å². The van der Waals surface area contributed by atoms with Crippen molar-refractivity contribution in [2.24, 2.45) is 0 Å². The van der Waals surface area contributed by atoms with Gasteiger partial charge in [-0.2, -0.15) is 5.10 Å². The fourth-order valence-corrected chi connectivity index (χ4v) is 3.10. The molecule has 4 rings (SSSR count). The maximum absolute atomic E-state index is 6.05. The number of pyridine rings is 2. The summed E-state index contributed by atoms with van der Waals surface area (Å²) in [6, 6.07) is 6.22. The fraction of sp³-hybridized carbons (Fsp3) is 0.450. The molecular weight excluding hydrogens is 342 g/mol. The van der Waals surface area contributed by atoms with Crippen LogP contribution in [0.5, 0.6) is 5.88 Å². The summed E-state index contributed by atoms with van der Waals surface area (Å²) in [6.45, 7) is 7.14. The Kier molecular flexibility index (Phi) is 5.31. The van der Waals surface area contributed by atoms with Crippen molar-refractivity contribution in [3.63, 3.8) is 0 Å². The molecule has 0 spiro atoms. The summed E-state index contributed by atoms with van der Waals surface area (Å²) < 4.78 is 13.8. The van der Waals surface area contributed by atoms with Crippen LogP contribution >= 0.6 is 0 Å². The first-order valence-electron chi connectivity index (χ1n) is 9.50. The summed E-state index contributed by atoms with van der Waals surface area (Å²) in [5.41, 5.74) is 2.63. The Morgan fingerprint density at radius 1 is 1.44 bits per heavy atom. The van der Waals surface area contributed by atoms with Gasteiger partial charge in [0.05, 0.1) is 29.4 Å². The predicted molar refractivity (Wildman–Crippen MR) is 104 cm³/mol. The summed E-state index contributed by atoms with van der Waals surface area (Å²) in [5, 5.41) is 8.70. The highest BCUT2D eigenvalue weighted by Gasteiger charge is 2.17. The van der Waals surface area contributed by atoms with Crippen LogP contribution in [0.4, 0.5) is 0 Å². The molecule has 1 N–H and O–H groups in total. The Labute approximate surface area is 158 Å². The fourth-order valence-electron chi connectivity index (χ4n) is 3.10. The smallest absolute Gasteiger partial charge is 0.223 e. The van der Waals surface area contributed by atoms with Gasteiger partial charge in [-0.3, -0.25) is 9.67 Å². The normalized spacial score (nSPS) is 18.5. The van der Waals surface area contributed by atoms with E-state index in [1.807, 2.05) is 35.3 Å². The van der Waals surface area contributed by atoms with Gasteiger partial charge < -0.3 is 14.8 Å². The molecule has 1 aliphatic heterocycles. The standard InChI is InChI=1S/C20H25N5O2/c1-3-14(2)25-12-15(10-23-25)18-9-19-17(5-4-6-22-19)20(24-18)27-13-16-11-21-7-8-26-16/h4-6,9-10,12,14,16,21H,3,7-8,11,13H2,1-2H3/t14-,16-/m0/s1. The molecule has 7 nitrogen and oxygen atoms in total. The lowest BCUT2D eigenvalue weighted by molar-refractivity contribution is -0.000365. The van der Waals surface area contributed by atoms with E-state index in [0.717, 1.165) is 41.7 Å². The SMILES string of the molecule is CC[C@H](C)n1cc(-c2cc3ncccc3c(OC[C@@H]3CNCCO3)n2)cn1. The Morgan fingerprint density at radius 3 is 3.19 bits per heavy atom. The average molecular weight is 367 g/mol. The summed E-state index contributed by atoms with van der Waals surface area (Å²) in [7, 11) is 0. The van der Waals surface area contributed by atoms with Gasteiger partial charge in [-0.15, -0.1) is 0 Å². The van der Waals surface area contributed by atoms with Crippen molar-refractivity contribution in [3.8, 4) is 17.1 Å². The molecule has 3 aromatic rings. The molecule has 1 saturated heterocycles. The van der Waals surface area contributed by atoms with Gasteiger partial charge in [-0.1, -0.05) is 6.92 Å². The first-order chi connectivity index (χ1) is 13.2. The number of nitrogens with zero attached hydrogens (tertiary/aromatic N) is 4. The third kappa shape index (κ3) is 3.94. The number of aromatic nitrogens is 4. The van der Waals surface area contributed by atoms with Crippen molar-refractivity contribution in [2.45, 2.75) is 32.4 Å². The van der Waals surface area contributed by atoms with Gasteiger partial charge in [0, 0.05) is 37.1 Å². The topological polar surface area (TPSA) is 74.1 Å². The Bertz CT molecular complexity index is 904. The van der Waals surface area contributed by atoms with Crippen LogP contribution in [0, 0.1) is 0 Å². The maximum atomic E-state index is 6.05. The largest absolute Gasteiger partial charge is 0.474 e. The highest BCUT2D eigenvalue weighted by molar-refractivity contribution is 5.86. The highest BCUT2D eigenvalue weighted by Crippen LogP contribution is 2.28. The molecule has 142 valence electrons. The number of morpholine rings is 1. The van der Waals surface area contributed by atoms with Crippen LogP contribution in [0.3, 0.4) is 0 Å². The van der Waals surface area contributed by atoms with Crippen molar-refractivity contribution >= 4 is 10.9 Å². The number of nitrogens with one attached hydrogen (secondary N) is 1. The third-order valence-corrected chi connectivity index (χ3v) is 4.91. The van der Waals surface area contributed by atoms with E-state index in [9.17, 15) is 0 Å². The second-order valence-electron chi connectivity index (χ2n) is 6.86. The van der Waals surface area contributed by atoms with Gasteiger partial charge in [-0.25, -0.2) is 4.98 Å². The molecule has 27 heavy (non-hydrogen) atoms. The van der Waals surface area contributed by atoms with Crippen LogP contribution in [-0.4, -0.2) is 52.2 Å². The van der Waals surface area contributed by atoms with Crippen molar-refractivity contribution in [1.29, 1.82) is 0 Å². The molecule has 0 saturated carbocycles. The quantitative estimate of drug-likeness (QED) is 0.722. The zero-order valence-corrected chi connectivity index (χ0v) is 15.8. The minimum absolute atomic E-state index is 0.0316. The molecule has 1 aliphatic rings. The van der Waals surface area contributed by atoms with E-state index >= 15 is 0 Å². The monoisotopic (exact) mass is 367 g/mol. The zero-order valence-electron chi connectivity index (χ0n) is 15.8. The van der Waals surface area contributed by atoms with E-state index in [1.54, 1.807) is 6.20 Å². The van der Waals surface area contributed by atoms with E-state index in [0.29, 0.717) is 25.1 Å². The third-order valence-electron chi connectivity index (χ3n) is 4.91. The van der Waals surface area contributed by atoms with Crippen LogP contribution < -0.4 is 10.1 Å². The zero-order chi connectivity index (χ0) is 18.6. The van der Waals surface area contributed by atoms with E-state index in [2.05, 4.69) is 29.2 Å². The minimum atomic E-state index is 0.0316. The van der Waals surface area contributed by atoms with E-state index < -0.39 is 0 Å². The Hall–Kier alpha value is -2.51. The van der Waals surface area contributed by atoms with Gasteiger partial charge in [0.1, 0.15) is 12.7 Å². The van der Waals surface area contributed by atoms with Crippen LogP contribution in [0.1, 0.15) is 26.3 Å². The van der Waals surface area contributed by atoms with E-state index in [1.165, 1.54) is 0 Å². The molecule has 1 fully saturated rings. The first-order valence-corrected chi connectivity index (χ1v) is 9.50. The van der Waals surface area contributed by atoms with Crippen LogP contribution in [0.2, 0.25) is 0 Å². The second kappa shape index (κ2) is 8.02. The van der Waals surface area contributed by atoms with Crippen LogP contribution in [-0.2, 0) is 4.74 Å². The molecule has 0 amide bonds. The molecule has 0 bridgehead atoms. The van der Waals surface area contributed by atoms with Gasteiger partial charge in [-0.05, 0) is 31.5 Å². The minimum Gasteiger partial charge on any atom is -0.474 e. The molecule has 3 aromatic heterocycles. The molecule has 0 aromatic carbocycles. The first kappa shape index (κ1) is 17.9. The van der Waals surface area contributed by atoms with Crippen LogP contribution in [0.15, 0.2) is 36.8 Å². The lowest BCUT2D eigenvalue weighted by Crippen LogP contribution is -2.41. The van der Waals surface area contributed by atoms with Gasteiger partial charge in [0.2, 0.25) is 5.88 Å². The number of hydrogen-bond donors (Lipinski definition) is 1. The number of ether oxygens (including phenoxy) is 2. The number of hydrogen-bond acceptors (Lipinski definition) is 6. The Balaban J connectivity index is 1.64. The second-order valence-corrected chi connectivity index (χ2v) is 6.86. The molecule has 0 unspecified atom stereocenters. The summed E-state index contributed by atoms with van der Waals surface area (Å²) in [5.74, 6) is 0.584. The van der Waals surface area contributed by atoms with Crippen molar-refractivity contribution in [2.75, 3.05) is 26.3 Å². The molecule has 4 heterocycles. The molecule has 0 aliphatic carbocycles.